The molecule has 1 aliphatic rings. The lowest BCUT2D eigenvalue weighted by molar-refractivity contribution is -0.131. The highest BCUT2D eigenvalue weighted by Gasteiger charge is 2.28. The lowest BCUT2D eigenvalue weighted by Gasteiger charge is -2.25. The minimum absolute atomic E-state index is 0.0530. The summed E-state index contributed by atoms with van der Waals surface area (Å²) < 4.78 is 12.9. The summed E-state index contributed by atoms with van der Waals surface area (Å²) in [5.41, 5.74) is 7.38. The van der Waals surface area contributed by atoms with Gasteiger partial charge < -0.3 is 9.47 Å². The van der Waals surface area contributed by atoms with Gasteiger partial charge in [0.05, 0.1) is 16.6 Å². The first-order valence-electron chi connectivity index (χ1n) is 9.68. The lowest BCUT2D eigenvalue weighted by atomic mass is 10.0. The summed E-state index contributed by atoms with van der Waals surface area (Å²) in [5, 5.41) is 5.03. The number of rotatable bonds is 3. The molecule has 156 valence electrons. The zero-order chi connectivity index (χ0) is 21.4. The standard InChI is InChI=1S/C21H23N5O4/c1-11(2)14-9-13(18-12(3)25-26(4)19(18)22-14)20(27)23-24-21(28)17-10-29-15-7-5-6-8-16(15)30-17/h5-9,11,17H,10H2,1-4H3,(H,23,27)(H,24,28). The molecule has 9 heteroatoms. The summed E-state index contributed by atoms with van der Waals surface area (Å²) in [6.07, 6.45) is -0.871. The number of hydrazine groups is 1. The molecule has 0 bridgehead atoms. The zero-order valence-corrected chi connectivity index (χ0v) is 17.2. The van der Waals surface area contributed by atoms with Crippen LogP contribution in [0, 0.1) is 6.92 Å². The third-order valence-corrected chi connectivity index (χ3v) is 4.92. The first-order chi connectivity index (χ1) is 14.3. The first-order valence-corrected chi connectivity index (χ1v) is 9.68. The molecule has 2 amide bonds. The Kier molecular flexibility index (Phi) is 5.03. The largest absolute Gasteiger partial charge is 0.485 e. The van der Waals surface area contributed by atoms with Crippen LogP contribution in [0.1, 0.15) is 41.5 Å². The number of fused-ring (bicyclic) bond motifs is 2. The zero-order valence-electron chi connectivity index (χ0n) is 17.2. The van der Waals surface area contributed by atoms with E-state index < -0.39 is 17.9 Å². The molecule has 2 aromatic heterocycles. The number of aromatic nitrogens is 3. The fraction of sp³-hybridized carbons (Fsp3) is 0.333. The lowest BCUT2D eigenvalue weighted by Crippen LogP contribution is -2.50. The molecule has 1 aliphatic heterocycles. The summed E-state index contributed by atoms with van der Waals surface area (Å²) in [6.45, 7) is 5.87. The summed E-state index contributed by atoms with van der Waals surface area (Å²) >= 11 is 0. The predicted octanol–water partition coefficient (Wildman–Crippen LogP) is 2.00. The van der Waals surface area contributed by atoms with Gasteiger partial charge in [-0.3, -0.25) is 25.1 Å². The van der Waals surface area contributed by atoms with Crippen molar-refractivity contribution in [1.82, 2.24) is 25.6 Å². The van der Waals surface area contributed by atoms with Gasteiger partial charge in [0.15, 0.2) is 17.1 Å². The number of benzene rings is 1. The van der Waals surface area contributed by atoms with Gasteiger partial charge in [0, 0.05) is 12.7 Å². The molecule has 9 nitrogen and oxygen atoms in total. The average Bonchev–Trinajstić information content (AvgIpc) is 3.04. The fourth-order valence-corrected chi connectivity index (χ4v) is 3.35. The van der Waals surface area contributed by atoms with Crippen molar-refractivity contribution < 1.29 is 19.1 Å². The summed E-state index contributed by atoms with van der Waals surface area (Å²) in [6, 6.07) is 8.84. The number of pyridine rings is 1. The predicted molar refractivity (Wildman–Crippen MR) is 109 cm³/mol. The van der Waals surface area contributed by atoms with Gasteiger partial charge in [-0.05, 0) is 31.0 Å². The van der Waals surface area contributed by atoms with Gasteiger partial charge in [0.2, 0.25) is 6.10 Å². The van der Waals surface area contributed by atoms with E-state index in [-0.39, 0.29) is 12.5 Å². The Hall–Kier alpha value is -3.62. The van der Waals surface area contributed by atoms with Gasteiger partial charge in [0.1, 0.15) is 6.61 Å². The maximum Gasteiger partial charge on any atom is 0.283 e. The SMILES string of the molecule is Cc1nn(C)c2nc(C(C)C)cc(C(=O)NNC(=O)C3COc4ccccc4O3)c12. The van der Waals surface area contributed by atoms with Crippen LogP contribution < -0.4 is 20.3 Å². The molecule has 0 saturated carbocycles. The third kappa shape index (κ3) is 3.54. The molecule has 1 unspecified atom stereocenters. The van der Waals surface area contributed by atoms with Crippen LogP contribution in [-0.2, 0) is 11.8 Å². The molecular weight excluding hydrogens is 386 g/mol. The Labute approximate surface area is 173 Å². The van der Waals surface area contributed by atoms with Crippen molar-refractivity contribution in [3.05, 3.63) is 47.3 Å². The second-order valence-electron chi connectivity index (χ2n) is 7.46. The van der Waals surface area contributed by atoms with Crippen molar-refractivity contribution in [3.63, 3.8) is 0 Å². The number of amides is 2. The number of hydrogen-bond acceptors (Lipinski definition) is 6. The molecule has 0 fully saturated rings. The number of para-hydroxylation sites is 2. The van der Waals surface area contributed by atoms with Crippen LogP contribution in [0.3, 0.4) is 0 Å². The van der Waals surface area contributed by atoms with Crippen molar-refractivity contribution in [2.75, 3.05) is 6.61 Å². The maximum atomic E-state index is 12.9. The van der Waals surface area contributed by atoms with Crippen molar-refractivity contribution in [2.24, 2.45) is 7.05 Å². The molecule has 0 aliphatic carbocycles. The molecule has 1 aromatic carbocycles. The molecule has 4 rings (SSSR count). The number of nitrogens with one attached hydrogen (secondary N) is 2. The average molecular weight is 409 g/mol. The molecule has 3 heterocycles. The van der Waals surface area contributed by atoms with Crippen LogP contribution in [0.5, 0.6) is 11.5 Å². The molecule has 0 spiro atoms. The Morgan fingerprint density at radius 2 is 1.93 bits per heavy atom. The van der Waals surface area contributed by atoms with Crippen molar-refractivity contribution >= 4 is 22.8 Å². The van der Waals surface area contributed by atoms with E-state index in [1.54, 1.807) is 36.0 Å². The topological polar surface area (TPSA) is 107 Å². The fourth-order valence-electron chi connectivity index (χ4n) is 3.35. The van der Waals surface area contributed by atoms with Gasteiger partial charge >= 0.3 is 0 Å². The second-order valence-corrected chi connectivity index (χ2v) is 7.46. The highest BCUT2D eigenvalue weighted by Crippen LogP contribution is 2.31. The summed E-state index contributed by atoms with van der Waals surface area (Å²) in [4.78, 5) is 30.0. The van der Waals surface area contributed by atoms with Crippen LogP contribution >= 0.6 is 0 Å². The number of carbonyl (C=O) groups excluding carboxylic acids is 2. The Morgan fingerprint density at radius 3 is 2.67 bits per heavy atom. The van der Waals surface area contributed by atoms with Gasteiger partial charge in [-0.15, -0.1) is 0 Å². The minimum atomic E-state index is -0.871. The monoisotopic (exact) mass is 409 g/mol. The van der Waals surface area contributed by atoms with Crippen LogP contribution in [0.15, 0.2) is 30.3 Å². The Morgan fingerprint density at radius 1 is 1.20 bits per heavy atom. The highest BCUT2D eigenvalue weighted by molar-refractivity contribution is 6.07. The van der Waals surface area contributed by atoms with Crippen LogP contribution in [0.4, 0.5) is 0 Å². The van der Waals surface area contributed by atoms with E-state index in [0.29, 0.717) is 33.8 Å². The Bertz CT molecular complexity index is 1140. The molecule has 0 radical (unpaired) electrons. The Balaban J connectivity index is 1.52. The highest BCUT2D eigenvalue weighted by atomic mass is 16.6. The van der Waals surface area contributed by atoms with Crippen LogP contribution in [-0.4, -0.2) is 39.3 Å². The van der Waals surface area contributed by atoms with Crippen molar-refractivity contribution in [1.29, 1.82) is 0 Å². The van der Waals surface area contributed by atoms with Gasteiger partial charge in [-0.25, -0.2) is 4.98 Å². The van der Waals surface area contributed by atoms with Crippen molar-refractivity contribution in [3.8, 4) is 11.5 Å². The van der Waals surface area contributed by atoms with E-state index in [9.17, 15) is 9.59 Å². The van der Waals surface area contributed by atoms with E-state index in [0.717, 1.165) is 5.69 Å². The van der Waals surface area contributed by atoms with E-state index in [2.05, 4.69) is 20.9 Å². The number of nitrogens with zero attached hydrogens (tertiary/aromatic N) is 3. The van der Waals surface area contributed by atoms with Gasteiger partial charge in [-0.2, -0.15) is 5.10 Å². The molecule has 1 atom stereocenters. The minimum Gasteiger partial charge on any atom is -0.485 e. The second kappa shape index (κ2) is 7.66. The molecule has 30 heavy (non-hydrogen) atoms. The maximum absolute atomic E-state index is 12.9. The number of hydrogen-bond donors (Lipinski definition) is 2. The number of carbonyl (C=O) groups is 2. The van der Waals surface area contributed by atoms with E-state index in [1.165, 1.54) is 0 Å². The van der Waals surface area contributed by atoms with Crippen molar-refractivity contribution in [2.45, 2.75) is 32.8 Å². The smallest absolute Gasteiger partial charge is 0.283 e. The van der Waals surface area contributed by atoms with Gasteiger partial charge in [-0.1, -0.05) is 26.0 Å². The number of ether oxygens (including phenoxy) is 2. The van der Waals surface area contributed by atoms with Gasteiger partial charge in [0.25, 0.3) is 11.8 Å². The van der Waals surface area contributed by atoms with Crippen LogP contribution in [0.25, 0.3) is 11.0 Å². The van der Waals surface area contributed by atoms with Crippen LogP contribution in [0.2, 0.25) is 0 Å². The van der Waals surface area contributed by atoms with E-state index in [4.69, 9.17) is 9.47 Å². The normalized spacial score (nSPS) is 15.3. The summed E-state index contributed by atoms with van der Waals surface area (Å²) in [5.74, 6) is 0.233. The molecular formula is C21H23N5O4. The third-order valence-electron chi connectivity index (χ3n) is 4.92. The first kappa shape index (κ1) is 19.7. The molecule has 0 saturated heterocycles. The quantitative estimate of drug-likeness (QED) is 0.641. The molecule has 2 N–H and O–H groups in total. The van der Waals surface area contributed by atoms with E-state index >= 15 is 0 Å². The summed E-state index contributed by atoms with van der Waals surface area (Å²) in [7, 11) is 1.79. The number of aryl methyl sites for hydroxylation is 2. The molecule has 3 aromatic rings. The van der Waals surface area contributed by atoms with E-state index in [1.807, 2.05) is 26.8 Å².